The van der Waals surface area contributed by atoms with Crippen molar-refractivity contribution in [3.05, 3.63) is 48.4 Å². The molecule has 0 saturated carbocycles. The molecule has 0 unspecified atom stereocenters. The van der Waals surface area contributed by atoms with Crippen molar-refractivity contribution in [1.29, 1.82) is 0 Å². The van der Waals surface area contributed by atoms with Gasteiger partial charge in [-0.2, -0.15) is 0 Å². The lowest BCUT2D eigenvalue weighted by Crippen LogP contribution is -2.48. The lowest BCUT2D eigenvalue weighted by atomic mass is 10.1. The molecule has 1 aromatic heterocycles. The van der Waals surface area contributed by atoms with Gasteiger partial charge in [-0.05, 0) is 49.9 Å². The molecule has 1 aliphatic rings. The third-order valence-corrected chi connectivity index (χ3v) is 5.04. The van der Waals surface area contributed by atoms with Crippen LogP contribution in [0.5, 0.6) is 0 Å². The highest BCUT2D eigenvalue weighted by Gasteiger charge is 2.19. The largest absolute Gasteiger partial charge is 0.361 e. The minimum absolute atomic E-state index is 0.204. The first-order valence-electron chi connectivity index (χ1n) is 9.83. The van der Waals surface area contributed by atoms with Gasteiger partial charge >= 0.3 is 0 Å². The molecule has 2 heterocycles. The van der Waals surface area contributed by atoms with Gasteiger partial charge in [-0.25, -0.2) is 4.39 Å². The Morgan fingerprint density at radius 3 is 2.96 bits per heavy atom. The Hall–Kier alpha value is -2.34. The monoisotopic (exact) mass is 371 g/mol. The molecule has 1 saturated heterocycles. The highest BCUT2D eigenvalue weighted by molar-refractivity contribution is 5.83. The average molecular weight is 372 g/mol. The number of likely N-dealkylation sites (tertiary alicyclic amines) is 1. The van der Waals surface area contributed by atoms with Gasteiger partial charge < -0.3 is 15.6 Å². The van der Waals surface area contributed by atoms with Crippen LogP contribution in [0.15, 0.2) is 42.0 Å². The Kier molecular flexibility index (Phi) is 6.87. The minimum atomic E-state index is -0.204. The summed E-state index contributed by atoms with van der Waals surface area (Å²) in [4.78, 5) is 10.3. The number of piperidine rings is 1. The number of benzene rings is 1. The number of H-pyrrole nitrogens is 1. The van der Waals surface area contributed by atoms with Crippen molar-refractivity contribution in [1.82, 2.24) is 20.5 Å². The molecule has 2 aromatic rings. The molecule has 0 bridgehead atoms. The van der Waals surface area contributed by atoms with E-state index in [1.807, 2.05) is 12.3 Å². The van der Waals surface area contributed by atoms with E-state index >= 15 is 0 Å². The summed E-state index contributed by atoms with van der Waals surface area (Å²) < 4.78 is 13.5. The van der Waals surface area contributed by atoms with Crippen molar-refractivity contribution in [2.45, 2.75) is 32.2 Å². The molecule has 6 heteroatoms. The number of guanidine groups is 1. The standard InChI is InChI=1S/C21H30FN5/c1-3-11-27-12-8-18(9-13-27)26-21(23-4-2)24-10-7-16-15-25-20-6-5-17(22)14-19(16)20/h3,5-6,14-15,18,25H,1,4,7-13H2,2H3,(H2,23,24,26). The SMILES string of the molecule is C=CCN1CCC(NC(=NCCc2c[nH]c3ccc(F)cc23)NCC)CC1. The van der Waals surface area contributed by atoms with E-state index in [2.05, 4.69) is 34.0 Å². The van der Waals surface area contributed by atoms with Crippen molar-refractivity contribution < 1.29 is 4.39 Å². The molecule has 0 spiro atoms. The molecule has 0 amide bonds. The highest BCUT2D eigenvalue weighted by Crippen LogP contribution is 2.19. The first-order valence-corrected chi connectivity index (χ1v) is 9.83. The molecule has 27 heavy (non-hydrogen) atoms. The third-order valence-electron chi connectivity index (χ3n) is 5.04. The van der Waals surface area contributed by atoms with Crippen molar-refractivity contribution in [2.75, 3.05) is 32.7 Å². The van der Waals surface area contributed by atoms with Crippen LogP contribution in [0.4, 0.5) is 4.39 Å². The number of aromatic nitrogens is 1. The topological polar surface area (TPSA) is 55.5 Å². The molecule has 0 atom stereocenters. The van der Waals surface area contributed by atoms with Crippen LogP contribution >= 0.6 is 0 Å². The fourth-order valence-corrected chi connectivity index (χ4v) is 3.60. The maximum absolute atomic E-state index is 13.5. The molecular formula is C21H30FN5. The number of hydrogen-bond acceptors (Lipinski definition) is 2. The predicted molar refractivity (Wildman–Crippen MR) is 111 cm³/mol. The molecule has 1 aromatic carbocycles. The van der Waals surface area contributed by atoms with Crippen molar-refractivity contribution in [3.63, 3.8) is 0 Å². The number of halogens is 1. The highest BCUT2D eigenvalue weighted by atomic mass is 19.1. The summed E-state index contributed by atoms with van der Waals surface area (Å²) in [6.07, 6.45) is 6.92. The number of nitrogens with zero attached hydrogens (tertiary/aromatic N) is 2. The summed E-state index contributed by atoms with van der Waals surface area (Å²) in [6.45, 7) is 10.5. The number of fused-ring (bicyclic) bond motifs is 1. The average Bonchev–Trinajstić information content (AvgIpc) is 3.06. The molecule has 146 valence electrons. The Balaban J connectivity index is 1.55. The van der Waals surface area contributed by atoms with Crippen molar-refractivity contribution in [2.24, 2.45) is 4.99 Å². The van der Waals surface area contributed by atoms with Crippen LogP contribution in [0.3, 0.4) is 0 Å². The number of aromatic amines is 1. The zero-order chi connectivity index (χ0) is 19.1. The van der Waals surface area contributed by atoms with Crippen LogP contribution in [0.25, 0.3) is 10.9 Å². The van der Waals surface area contributed by atoms with E-state index < -0.39 is 0 Å². The summed E-state index contributed by atoms with van der Waals surface area (Å²) in [5, 5.41) is 7.84. The maximum Gasteiger partial charge on any atom is 0.191 e. The third kappa shape index (κ3) is 5.32. The van der Waals surface area contributed by atoms with Crippen molar-refractivity contribution in [3.8, 4) is 0 Å². The van der Waals surface area contributed by atoms with Gasteiger partial charge in [0.2, 0.25) is 0 Å². The van der Waals surface area contributed by atoms with Crippen molar-refractivity contribution >= 4 is 16.9 Å². The van der Waals surface area contributed by atoms with Crippen LogP contribution in [0.2, 0.25) is 0 Å². The quantitative estimate of drug-likeness (QED) is 0.398. The predicted octanol–water partition coefficient (Wildman–Crippen LogP) is 3.06. The lowest BCUT2D eigenvalue weighted by molar-refractivity contribution is 0.225. The lowest BCUT2D eigenvalue weighted by Gasteiger charge is -2.32. The van der Waals surface area contributed by atoms with Gasteiger partial charge in [0.05, 0.1) is 0 Å². The van der Waals surface area contributed by atoms with Gasteiger partial charge in [0.15, 0.2) is 5.96 Å². The van der Waals surface area contributed by atoms with Gasteiger partial charge in [0.25, 0.3) is 0 Å². The molecular weight excluding hydrogens is 341 g/mol. The second kappa shape index (κ2) is 9.55. The van der Waals surface area contributed by atoms with E-state index in [9.17, 15) is 4.39 Å². The Labute approximate surface area is 160 Å². The maximum atomic E-state index is 13.5. The van der Waals surface area contributed by atoms with Crippen LogP contribution in [-0.2, 0) is 6.42 Å². The number of rotatable bonds is 7. The number of nitrogens with one attached hydrogen (secondary N) is 3. The van der Waals surface area contributed by atoms with Gasteiger partial charge in [0, 0.05) is 55.9 Å². The smallest absolute Gasteiger partial charge is 0.191 e. The second-order valence-corrected chi connectivity index (χ2v) is 7.02. The van der Waals surface area contributed by atoms with Gasteiger partial charge in [0.1, 0.15) is 5.82 Å². The normalized spacial score (nSPS) is 16.6. The second-order valence-electron chi connectivity index (χ2n) is 7.02. The van der Waals surface area contributed by atoms with E-state index in [0.29, 0.717) is 12.6 Å². The van der Waals surface area contributed by atoms with Crippen LogP contribution < -0.4 is 10.6 Å². The minimum Gasteiger partial charge on any atom is -0.361 e. The molecule has 1 aliphatic heterocycles. The molecule has 1 fully saturated rings. The Morgan fingerprint density at radius 1 is 1.41 bits per heavy atom. The number of hydrogen-bond donors (Lipinski definition) is 3. The number of aliphatic imine (C=N–C) groups is 1. The molecule has 3 rings (SSSR count). The van der Waals surface area contributed by atoms with Gasteiger partial charge in [-0.1, -0.05) is 6.08 Å². The molecule has 3 N–H and O–H groups in total. The van der Waals surface area contributed by atoms with Crippen LogP contribution in [0, 0.1) is 5.82 Å². The first kappa shape index (κ1) is 19.4. The Bertz CT molecular complexity index is 774. The summed E-state index contributed by atoms with van der Waals surface area (Å²) >= 11 is 0. The summed E-state index contributed by atoms with van der Waals surface area (Å²) in [5.41, 5.74) is 2.06. The van der Waals surface area contributed by atoms with E-state index in [0.717, 1.165) is 67.9 Å². The van der Waals surface area contributed by atoms with E-state index in [-0.39, 0.29) is 5.82 Å². The van der Waals surface area contributed by atoms with Gasteiger partial charge in [-0.3, -0.25) is 9.89 Å². The van der Waals surface area contributed by atoms with Crippen LogP contribution in [-0.4, -0.2) is 54.6 Å². The fraction of sp³-hybridized carbons (Fsp3) is 0.476. The summed E-state index contributed by atoms with van der Waals surface area (Å²) in [6, 6.07) is 5.30. The van der Waals surface area contributed by atoms with Gasteiger partial charge in [-0.15, -0.1) is 6.58 Å². The van der Waals surface area contributed by atoms with E-state index in [1.165, 1.54) is 6.07 Å². The first-order chi connectivity index (χ1) is 13.2. The molecule has 5 nitrogen and oxygen atoms in total. The Morgan fingerprint density at radius 2 is 2.22 bits per heavy atom. The van der Waals surface area contributed by atoms with E-state index in [4.69, 9.17) is 4.99 Å². The zero-order valence-corrected chi connectivity index (χ0v) is 16.1. The molecule has 0 aliphatic carbocycles. The summed E-state index contributed by atoms with van der Waals surface area (Å²) in [7, 11) is 0. The zero-order valence-electron chi connectivity index (χ0n) is 16.1. The summed E-state index contributed by atoms with van der Waals surface area (Å²) in [5.74, 6) is 0.662. The van der Waals surface area contributed by atoms with Crippen LogP contribution in [0.1, 0.15) is 25.3 Å². The molecule has 0 radical (unpaired) electrons. The fourth-order valence-electron chi connectivity index (χ4n) is 3.60. The van der Waals surface area contributed by atoms with E-state index in [1.54, 1.807) is 12.1 Å².